The van der Waals surface area contributed by atoms with Crippen LogP contribution in [0.1, 0.15) is 12.8 Å². The van der Waals surface area contributed by atoms with Crippen LogP contribution in [0, 0.1) is 10.1 Å². The average Bonchev–Trinajstić information content (AvgIpc) is 2.49. The third-order valence-electron chi connectivity index (χ3n) is 3.07. The van der Waals surface area contributed by atoms with Gasteiger partial charge in [0.25, 0.3) is 11.5 Å². The molecule has 23 heavy (non-hydrogen) atoms. The zero-order valence-electron chi connectivity index (χ0n) is 12.1. The number of hydrogen-bond acceptors (Lipinski definition) is 5. The van der Waals surface area contributed by atoms with Gasteiger partial charge in [0.05, 0.1) is 4.92 Å². The Bertz CT molecular complexity index is 706. The van der Waals surface area contributed by atoms with E-state index in [-0.39, 0.29) is 29.1 Å². The second-order valence-corrected chi connectivity index (χ2v) is 4.67. The van der Waals surface area contributed by atoms with Crippen LogP contribution in [-0.2, 0) is 11.3 Å². The van der Waals surface area contributed by atoms with Gasteiger partial charge in [-0.1, -0.05) is 5.10 Å². The Kier molecular flexibility index (Phi) is 6.58. The van der Waals surface area contributed by atoms with Crippen molar-refractivity contribution in [3.63, 3.8) is 0 Å². The first-order valence-electron chi connectivity index (χ1n) is 6.60. The smallest absolute Gasteiger partial charge is 0.303 e. The Morgan fingerprint density at radius 2 is 1.91 bits per heavy atom. The molecule has 8 nitrogen and oxygen atoms in total. The number of hydrogen-bond donors (Lipinski definition) is 2. The quantitative estimate of drug-likeness (QED) is 0.352. The second kappa shape index (κ2) is 8.18. The zero-order valence-corrected chi connectivity index (χ0v) is 13.6. The van der Waals surface area contributed by atoms with Gasteiger partial charge in [0.1, 0.15) is 12.2 Å². The summed E-state index contributed by atoms with van der Waals surface area (Å²) in [5.41, 5.74) is 7.15. The highest BCUT2D eigenvalue weighted by Gasteiger charge is 2.11. The van der Waals surface area contributed by atoms with Gasteiger partial charge >= 0.3 is 5.97 Å². The minimum atomic E-state index is -0.870. The molecule has 2 aromatic rings. The highest BCUT2D eigenvalue weighted by atomic mass is 79.9. The summed E-state index contributed by atoms with van der Waals surface area (Å²) in [6.07, 6.45) is 0.455. The summed E-state index contributed by atoms with van der Waals surface area (Å²) in [7, 11) is 0. The third-order valence-corrected chi connectivity index (χ3v) is 3.07. The molecule has 1 heterocycles. The number of aliphatic carboxylic acids is 1. The molecule has 0 atom stereocenters. The zero-order chi connectivity index (χ0) is 16.1. The fourth-order valence-electron chi connectivity index (χ4n) is 1.94. The highest BCUT2D eigenvalue weighted by molar-refractivity contribution is 5.66. The lowest BCUT2D eigenvalue weighted by atomic mass is 10.1. The first-order valence-corrected chi connectivity index (χ1v) is 6.60. The van der Waals surface area contributed by atoms with Crippen molar-refractivity contribution in [2.45, 2.75) is 19.4 Å². The van der Waals surface area contributed by atoms with Gasteiger partial charge in [-0.3, -0.25) is 20.6 Å². The number of nitro groups is 1. The number of carboxylic acid groups (broad SMARTS) is 1. The Morgan fingerprint density at radius 1 is 1.26 bits per heavy atom. The predicted octanol–water partition coefficient (Wildman–Crippen LogP) is -1.60. The van der Waals surface area contributed by atoms with E-state index in [0.29, 0.717) is 24.5 Å². The van der Waals surface area contributed by atoms with Crippen molar-refractivity contribution >= 4 is 17.5 Å². The van der Waals surface area contributed by atoms with E-state index in [1.165, 1.54) is 16.8 Å². The van der Waals surface area contributed by atoms with Gasteiger partial charge in [-0.15, -0.1) is 4.68 Å². The fraction of sp³-hybridized carbons (Fsp3) is 0.214. The molecule has 0 spiro atoms. The number of carboxylic acids is 1. The number of anilines is 1. The number of aryl methyl sites for hydroxylation is 1. The molecule has 0 aliphatic carbocycles. The van der Waals surface area contributed by atoms with Gasteiger partial charge in [-0.05, 0) is 24.6 Å². The maximum absolute atomic E-state index is 10.6. The molecule has 0 saturated carbocycles. The molecular formula is C14H15BrN4O4. The van der Waals surface area contributed by atoms with Crippen molar-refractivity contribution in [1.29, 1.82) is 0 Å². The van der Waals surface area contributed by atoms with Crippen LogP contribution in [0.15, 0.2) is 36.4 Å². The molecule has 1 aromatic carbocycles. The molecule has 0 amide bonds. The van der Waals surface area contributed by atoms with Crippen molar-refractivity contribution in [3.05, 3.63) is 46.5 Å². The number of aromatic nitrogens is 2. The first-order chi connectivity index (χ1) is 10.5. The molecule has 0 aliphatic rings. The summed E-state index contributed by atoms with van der Waals surface area (Å²) in [6, 6.07) is 9.41. The number of rotatable bonds is 6. The highest BCUT2D eigenvalue weighted by Crippen LogP contribution is 2.20. The number of halogens is 1. The monoisotopic (exact) mass is 382 g/mol. The number of nitrogens with two attached hydrogens (primary N) is 1. The van der Waals surface area contributed by atoms with Crippen molar-refractivity contribution in [2.75, 3.05) is 5.73 Å². The maximum Gasteiger partial charge on any atom is 0.303 e. The summed E-state index contributed by atoms with van der Waals surface area (Å²) in [4.78, 5) is 20.7. The Hall–Kier alpha value is -2.55. The third kappa shape index (κ3) is 4.99. The molecular weight excluding hydrogens is 368 g/mol. The second-order valence-electron chi connectivity index (χ2n) is 4.67. The van der Waals surface area contributed by atoms with Crippen molar-refractivity contribution in [1.82, 2.24) is 5.10 Å². The van der Waals surface area contributed by atoms with Crippen LogP contribution in [0.4, 0.5) is 11.5 Å². The van der Waals surface area contributed by atoms with Crippen molar-refractivity contribution in [3.8, 4) is 11.3 Å². The Balaban J connectivity index is 0.00000264. The lowest BCUT2D eigenvalue weighted by molar-refractivity contribution is -0.739. The van der Waals surface area contributed by atoms with E-state index in [1.807, 2.05) is 0 Å². The van der Waals surface area contributed by atoms with Gasteiger partial charge < -0.3 is 22.1 Å². The number of carbonyl (C=O) groups is 1. The molecule has 122 valence electrons. The van der Waals surface area contributed by atoms with Crippen LogP contribution in [0.5, 0.6) is 0 Å². The standard InChI is InChI=1S/C14H14N4O4.BrH/c15-13-8-7-12(16-17(13)9-1-2-14(19)20)10-3-5-11(6-4-10)18(21)22;/h3-8,15H,1-2,9H2,(H,19,20);1H. The van der Waals surface area contributed by atoms with Gasteiger partial charge in [0.2, 0.25) is 0 Å². The van der Waals surface area contributed by atoms with E-state index in [4.69, 9.17) is 10.8 Å². The minimum absolute atomic E-state index is 0. The van der Waals surface area contributed by atoms with E-state index >= 15 is 0 Å². The summed E-state index contributed by atoms with van der Waals surface area (Å²) in [5, 5.41) is 23.6. The average molecular weight is 383 g/mol. The maximum atomic E-state index is 10.6. The molecule has 0 bridgehead atoms. The topological polar surface area (TPSA) is 123 Å². The molecule has 1 aromatic heterocycles. The minimum Gasteiger partial charge on any atom is -1.00 e. The summed E-state index contributed by atoms with van der Waals surface area (Å²) in [6.45, 7) is 0.388. The van der Waals surface area contributed by atoms with Crippen LogP contribution in [0.2, 0.25) is 0 Å². The first kappa shape index (κ1) is 18.5. The summed E-state index contributed by atoms with van der Waals surface area (Å²) >= 11 is 0. The van der Waals surface area contributed by atoms with Crippen LogP contribution >= 0.6 is 0 Å². The predicted molar refractivity (Wildman–Crippen MR) is 77.8 cm³/mol. The van der Waals surface area contributed by atoms with E-state index in [1.54, 1.807) is 24.3 Å². The summed E-state index contributed by atoms with van der Waals surface area (Å²) in [5.74, 6) is -0.443. The SMILES string of the molecule is Nc1ccc(-c2ccc([N+](=O)[O-])cc2)n[n+]1CCCC(=O)O.[Br-]. The van der Waals surface area contributed by atoms with Crippen molar-refractivity contribution in [2.24, 2.45) is 0 Å². The number of nitrogen functional groups attached to an aromatic ring is 1. The molecule has 0 radical (unpaired) electrons. The van der Waals surface area contributed by atoms with Gasteiger partial charge in [0.15, 0.2) is 0 Å². The van der Waals surface area contributed by atoms with E-state index < -0.39 is 10.9 Å². The van der Waals surface area contributed by atoms with Gasteiger partial charge in [-0.2, -0.15) is 0 Å². The van der Waals surface area contributed by atoms with Crippen molar-refractivity contribution < 1.29 is 36.5 Å². The molecule has 9 heteroatoms. The van der Waals surface area contributed by atoms with Crippen LogP contribution < -0.4 is 27.4 Å². The van der Waals surface area contributed by atoms with Gasteiger partial charge in [0, 0.05) is 30.2 Å². The fourth-order valence-corrected chi connectivity index (χ4v) is 1.94. The molecule has 3 N–H and O–H groups in total. The van der Waals surface area contributed by atoms with E-state index in [2.05, 4.69) is 5.10 Å². The van der Waals surface area contributed by atoms with Gasteiger partial charge in [-0.25, -0.2) is 0 Å². The normalized spacial score (nSPS) is 9.91. The lowest BCUT2D eigenvalue weighted by Gasteiger charge is -2.04. The van der Waals surface area contributed by atoms with E-state index in [0.717, 1.165) is 5.56 Å². The molecule has 2 rings (SSSR count). The molecule has 0 saturated heterocycles. The number of non-ortho nitro benzene ring substituents is 1. The van der Waals surface area contributed by atoms with E-state index in [9.17, 15) is 14.9 Å². The summed E-state index contributed by atoms with van der Waals surface area (Å²) < 4.78 is 1.53. The molecule has 0 aliphatic heterocycles. The lowest BCUT2D eigenvalue weighted by Crippen LogP contribution is -3.00. The largest absolute Gasteiger partial charge is 1.00 e. The van der Waals surface area contributed by atoms with Crippen LogP contribution in [-0.4, -0.2) is 21.1 Å². The van der Waals surface area contributed by atoms with Crippen LogP contribution in [0.25, 0.3) is 11.3 Å². The number of nitro benzene ring substituents is 1. The van der Waals surface area contributed by atoms with Crippen LogP contribution in [0.3, 0.4) is 0 Å². The number of nitrogens with zero attached hydrogens (tertiary/aromatic N) is 3. The Morgan fingerprint density at radius 3 is 2.48 bits per heavy atom. The Labute approximate surface area is 142 Å². The molecule has 0 unspecified atom stereocenters. The number of benzene rings is 1. The molecule has 0 fully saturated rings.